The average Bonchev–Trinajstić information content (AvgIpc) is 2.81. The van der Waals surface area contributed by atoms with Crippen molar-refractivity contribution < 1.29 is 9.90 Å². The molecule has 0 unspecified atom stereocenters. The molecule has 3 rings (SSSR count). The van der Waals surface area contributed by atoms with E-state index in [9.17, 15) is 9.90 Å². The number of aromatic carboxylic acids is 1. The largest absolute Gasteiger partial charge is 0.476 e. The first-order valence-corrected chi connectivity index (χ1v) is 6.01. The fourth-order valence-electron chi connectivity index (χ4n) is 2.04. The minimum atomic E-state index is -1.03. The summed E-state index contributed by atoms with van der Waals surface area (Å²) in [4.78, 5) is 15.8. The molecule has 0 bridgehead atoms. The molecule has 0 amide bonds. The Hall–Kier alpha value is -2.33. The van der Waals surface area contributed by atoms with Crippen LogP contribution in [0.1, 0.15) is 10.5 Å². The van der Waals surface area contributed by atoms with Gasteiger partial charge in [-0.15, -0.1) is 0 Å². The number of carboxylic acids is 1. The normalized spacial score (nSPS) is 10.8. The van der Waals surface area contributed by atoms with Crippen molar-refractivity contribution in [1.29, 1.82) is 0 Å². The summed E-state index contributed by atoms with van der Waals surface area (Å²) in [6.07, 6.45) is 1.64. The van der Waals surface area contributed by atoms with Crippen LogP contribution in [0.3, 0.4) is 0 Å². The molecular formula is C14H9ClN2O2. The highest BCUT2D eigenvalue weighted by Crippen LogP contribution is 2.27. The molecule has 2 aromatic heterocycles. The third kappa shape index (κ3) is 1.86. The molecule has 2 heterocycles. The topological polar surface area (TPSA) is 54.6 Å². The minimum Gasteiger partial charge on any atom is -0.476 e. The number of rotatable bonds is 2. The van der Waals surface area contributed by atoms with Crippen molar-refractivity contribution in [3.8, 4) is 11.3 Å². The van der Waals surface area contributed by atoms with E-state index < -0.39 is 5.97 Å². The second kappa shape index (κ2) is 4.40. The molecule has 0 saturated heterocycles. The lowest BCUT2D eigenvalue weighted by Gasteiger charge is -2.00. The number of aromatic nitrogens is 2. The number of hydrogen-bond donors (Lipinski definition) is 1. The quantitative estimate of drug-likeness (QED) is 0.778. The van der Waals surface area contributed by atoms with Crippen LogP contribution in [-0.4, -0.2) is 20.5 Å². The summed E-state index contributed by atoms with van der Waals surface area (Å²) < 4.78 is 1.49. The minimum absolute atomic E-state index is 0.115. The van der Waals surface area contributed by atoms with Gasteiger partial charge < -0.3 is 5.11 Å². The second-order valence-electron chi connectivity index (χ2n) is 4.03. The first-order valence-electron chi connectivity index (χ1n) is 5.64. The van der Waals surface area contributed by atoms with E-state index in [0.29, 0.717) is 16.4 Å². The average molecular weight is 273 g/mol. The van der Waals surface area contributed by atoms with Gasteiger partial charge in [-0.2, -0.15) is 0 Å². The van der Waals surface area contributed by atoms with Crippen molar-refractivity contribution in [2.75, 3.05) is 0 Å². The van der Waals surface area contributed by atoms with E-state index in [-0.39, 0.29) is 5.69 Å². The van der Waals surface area contributed by atoms with Crippen molar-refractivity contribution in [3.63, 3.8) is 0 Å². The molecule has 1 aromatic carbocycles. The number of imidazole rings is 1. The molecule has 0 aliphatic carbocycles. The van der Waals surface area contributed by atoms with Crippen molar-refractivity contribution in [1.82, 2.24) is 9.38 Å². The number of nitrogens with zero attached hydrogens (tertiary/aromatic N) is 2. The van der Waals surface area contributed by atoms with Crippen LogP contribution in [0.2, 0.25) is 5.02 Å². The number of fused-ring (bicyclic) bond motifs is 1. The molecule has 5 heteroatoms. The molecule has 0 saturated carbocycles. The molecule has 0 spiro atoms. The van der Waals surface area contributed by atoms with Gasteiger partial charge in [0.25, 0.3) is 0 Å². The van der Waals surface area contributed by atoms with E-state index in [1.54, 1.807) is 18.3 Å². The summed E-state index contributed by atoms with van der Waals surface area (Å²) in [5.74, 6) is -1.03. The maximum atomic E-state index is 11.5. The fourth-order valence-corrected chi connectivity index (χ4v) is 2.24. The van der Waals surface area contributed by atoms with Crippen molar-refractivity contribution in [2.45, 2.75) is 0 Å². The maximum absolute atomic E-state index is 11.5. The van der Waals surface area contributed by atoms with Crippen LogP contribution in [0.15, 0.2) is 48.7 Å². The van der Waals surface area contributed by atoms with Gasteiger partial charge in [0.05, 0.1) is 5.02 Å². The van der Waals surface area contributed by atoms with E-state index in [2.05, 4.69) is 4.98 Å². The number of hydrogen-bond acceptors (Lipinski definition) is 2. The first kappa shape index (κ1) is 11.7. The van der Waals surface area contributed by atoms with E-state index in [0.717, 1.165) is 5.56 Å². The predicted molar refractivity (Wildman–Crippen MR) is 72.6 cm³/mol. The van der Waals surface area contributed by atoms with Crippen LogP contribution in [0.5, 0.6) is 0 Å². The van der Waals surface area contributed by atoms with Crippen molar-refractivity contribution in [2.24, 2.45) is 0 Å². The highest BCUT2D eigenvalue weighted by molar-refractivity contribution is 6.33. The van der Waals surface area contributed by atoms with Gasteiger partial charge in [-0.3, -0.25) is 4.40 Å². The van der Waals surface area contributed by atoms with Crippen LogP contribution >= 0.6 is 11.6 Å². The highest BCUT2D eigenvalue weighted by atomic mass is 35.5. The number of benzene rings is 1. The van der Waals surface area contributed by atoms with Crippen LogP contribution in [-0.2, 0) is 0 Å². The maximum Gasteiger partial charge on any atom is 0.355 e. The fraction of sp³-hybridized carbons (Fsp3) is 0. The molecule has 0 radical (unpaired) electrons. The third-order valence-corrected chi connectivity index (χ3v) is 3.15. The molecule has 4 nitrogen and oxygen atoms in total. The molecule has 3 aromatic rings. The first-order chi connectivity index (χ1) is 9.18. The molecule has 0 fully saturated rings. The Morgan fingerprint density at radius 2 is 1.89 bits per heavy atom. The molecule has 0 aliphatic heterocycles. The van der Waals surface area contributed by atoms with Crippen LogP contribution in [0, 0.1) is 0 Å². The van der Waals surface area contributed by atoms with Gasteiger partial charge in [0.2, 0.25) is 0 Å². The lowest BCUT2D eigenvalue weighted by molar-refractivity contribution is 0.0690. The lowest BCUT2D eigenvalue weighted by Crippen LogP contribution is -2.03. The predicted octanol–water partition coefficient (Wildman–Crippen LogP) is 3.35. The van der Waals surface area contributed by atoms with E-state index >= 15 is 0 Å². The molecule has 1 N–H and O–H groups in total. The molecule has 94 valence electrons. The number of carboxylic acid groups (broad SMARTS) is 1. The number of pyridine rings is 1. The summed E-state index contributed by atoms with van der Waals surface area (Å²) >= 11 is 6.06. The molecule has 0 atom stereocenters. The standard InChI is InChI=1S/C14H9ClN2O2/c15-10-7-4-8-17-12(14(18)19)11(16-13(10)17)9-5-2-1-3-6-9/h1-8H,(H,18,19). The smallest absolute Gasteiger partial charge is 0.355 e. The van der Waals surface area contributed by atoms with Gasteiger partial charge in [-0.1, -0.05) is 41.9 Å². The van der Waals surface area contributed by atoms with Crippen molar-refractivity contribution in [3.05, 3.63) is 59.4 Å². The summed E-state index contributed by atoms with van der Waals surface area (Å²) in [7, 11) is 0. The van der Waals surface area contributed by atoms with Crippen LogP contribution < -0.4 is 0 Å². The van der Waals surface area contributed by atoms with Gasteiger partial charge in [0.1, 0.15) is 5.69 Å². The van der Waals surface area contributed by atoms with Crippen LogP contribution in [0.25, 0.3) is 16.9 Å². The summed E-state index contributed by atoms with van der Waals surface area (Å²) in [5, 5.41) is 9.82. The Balaban J connectivity index is 2.39. The summed E-state index contributed by atoms with van der Waals surface area (Å²) in [5.41, 5.74) is 1.73. The second-order valence-corrected chi connectivity index (χ2v) is 4.44. The monoisotopic (exact) mass is 272 g/mol. The Morgan fingerprint density at radius 1 is 1.16 bits per heavy atom. The van der Waals surface area contributed by atoms with Gasteiger partial charge >= 0.3 is 5.97 Å². The van der Waals surface area contributed by atoms with Crippen LogP contribution in [0.4, 0.5) is 0 Å². The van der Waals surface area contributed by atoms with Crippen molar-refractivity contribution >= 4 is 23.2 Å². The van der Waals surface area contributed by atoms with E-state index in [1.165, 1.54) is 4.40 Å². The SMILES string of the molecule is O=C(O)c1c(-c2ccccc2)nc2c(Cl)cccn12. The molecule has 19 heavy (non-hydrogen) atoms. The Labute approximate surface area is 113 Å². The summed E-state index contributed by atoms with van der Waals surface area (Å²) in [6.45, 7) is 0. The molecule has 0 aliphatic rings. The summed E-state index contributed by atoms with van der Waals surface area (Å²) in [6, 6.07) is 12.6. The highest BCUT2D eigenvalue weighted by Gasteiger charge is 2.20. The van der Waals surface area contributed by atoms with Gasteiger partial charge in [-0.25, -0.2) is 9.78 Å². The molecular weight excluding hydrogens is 264 g/mol. The zero-order valence-electron chi connectivity index (χ0n) is 9.75. The lowest BCUT2D eigenvalue weighted by atomic mass is 10.1. The Bertz CT molecular complexity index is 766. The third-order valence-electron chi connectivity index (χ3n) is 2.85. The Kier molecular flexibility index (Phi) is 2.72. The zero-order chi connectivity index (χ0) is 13.4. The van der Waals surface area contributed by atoms with Gasteiger partial charge in [0.15, 0.2) is 11.3 Å². The zero-order valence-corrected chi connectivity index (χ0v) is 10.5. The van der Waals surface area contributed by atoms with Gasteiger partial charge in [-0.05, 0) is 12.1 Å². The van der Waals surface area contributed by atoms with E-state index in [4.69, 9.17) is 11.6 Å². The number of halogens is 1. The number of carbonyl (C=O) groups is 1. The van der Waals surface area contributed by atoms with E-state index in [1.807, 2.05) is 30.3 Å². The van der Waals surface area contributed by atoms with Gasteiger partial charge in [0, 0.05) is 11.8 Å². The Morgan fingerprint density at radius 3 is 2.58 bits per heavy atom.